The molecule has 7 heteroatoms. The maximum atomic E-state index is 14.8. The third kappa shape index (κ3) is 3.33. The highest BCUT2D eigenvalue weighted by molar-refractivity contribution is 6.30. The van der Waals surface area contributed by atoms with Gasteiger partial charge in [-0.05, 0) is 56.3 Å². The van der Waals surface area contributed by atoms with E-state index in [4.69, 9.17) is 11.6 Å². The minimum atomic E-state index is -1.11. The summed E-state index contributed by atoms with van der Waals surface area (Å²) >= 11 is 5.99. The Morgan fingerprint density at radius 1 is 1.26 bits per heavy atom. The highest BCUT2D eigenvalue weighted by Crippen LogP contribution is 2.47. The van der Waals surface area contributed by atoms with E-state index < -0.39 is 29.2 Å². The number of amides is 1. The number of nitrogens with one attached hydrogen (secondary N) is 1. The third-order valence-corrected chi connectivity index (χ3v) is 5.16. The van der Waals surface area contributed by atoms with Crippen molar-refractivity contribution in [2.24, 2.45) is 0 Å². The summed E-state index contributed by atoms with van der Waals surface area (Å²) in [6.45, 7) is 3.52. The van der Waals surface area contributed by atoms with Crippen molar-refractivity contribution in [3.05, 3.63) is 64.2 Å². The van der Waals surface area contributed by atoms with E-state index >= 15 is 0 Å². The quantitative estimate of drug-likeness (QED) is 0.815. The van der Waals surface area contributed by atoms with E-state index in [9.17, 15) is 18.7 Å². The predicted molar refractivity (Wildman–Crippen MR) is 101 cm³/mol. The molecule has 0 aromatic heterocycles. The van der Waals surface area contributed by atoms with Crippen LogP contribution in [0.3, 0.4) is 0 Å². The lowest BCUT2D eigenvalue weighted by Crippen LogP contribution is -2.45. The van der Waals surface area contributed by atoms with Crippen molar-refractivity contribution in [2.45, 2.75) is 31.4 Å². The van der Waals surface area contributed by atoms with Crippen LogP contribution >= 0.6 is 11.6 Å². The first-order valence-corrected chi connectivity index (χ1v) is 8.97. The summed E-state index contributed by atoms with van der Waals surface area (Å²) in [4.78, 5) is 14.5. The van der Waals surface area contributed by atoms with Gasteiger partial charge in [-0.25, -0.2) is 8.78 Å². The highest BCUT2D eigenvalue weighted by Gasteiger charge is 2.49. The van der Waals surface area contributed by atoms with Gasteiger partial charge >= 0.3 is 0 Å². The number of aliphatic hydroxyl groups excluding tert-OH is 1. The lowest BCUT2D eigenvalue weighted by atomic mass is 9.86. The molecule has 0 saturated carbocycles. The summed E-state index contributed by atoms with van der Waals surface area (Å²) in [6.07, 6.45) is -1.11. The van der Waals surface area contributed by atoms with Crippen LogP contribution in [0, 0.1) is 11.6 Å². The van der Waals surface area contributed by atoms with Crippen molar-refractivity contribution in [3.63, 3.8) is 0 Å². The van der Waals surface area contributed by atoms with Crippen molar-refractivity contribution >= 4 is 23.2 Å². The Bertz CT molecular complexity index is 868. The van der Waals surface area contributed by atoms with E-state index in [1.165, 1.54) is 23.1 Å². The van der Waals surface area contributed by atoms with E-state index in [1.807, 2.05) is 0 Å². The summed E-state index contributed by atoms with van der Waals surface area (Å²) < 4.78 is 28.7. The summed E-state index contributed by atoms with van der Waals surface area (Å²) in [5.74, 6) is -1.54. The van der Waals surface area contributed by atoms with Gasteiger partial charge in [0, 0.05) is 11.6 Å². The Labute approximate surface area is 161 Å². The Kier molecular flexibility index (Phi) is 5.25. The second-order valence-corrected chi connectivity index (χ2v) is 7.65. The number of likely N-dealkylation sites (N-methyl/N-ethyl adjacent to an activating group) is 1. The number of para-hydroxylation sites is 1. The third-order valence-electron chi connectivity index (χ3n) is 4.94. The number of nitrogens with zero attached hydrogens (tertiary/aromatic N) is 1. The number of carbonyl (C=O) groups excluding carboxylic acids is 1. The van der Waals surface area contributed by atoms with Gasteiger partial charge in [-0.3, -0.25) is 9.69 Å². The summed E-state index contributed by atoms with van der Waals surface area (Å²) in [7, 11) is 1.64. The number of hydrogen-bond acceptors (Lipinski definition) is 3. The molecule has 1 amide bonds. The van der Waals surface area contributed by atoms with Gasteiger partial charge in [0.2, 0.25) is 5.91 Å². The Hall–Kier alpha value is -2.02. The summed E-state index contributed by atoms with van der Waals surface area (Å²) in [5.41, 5.74) is -0.0562. The maximum absolute atomic E-state index is 14.8. The van der Waals surface area contributed by atoms with E-state index in [0.717, 1.165) is 6.07 Å². The van der Waals surface area contributed by atoms with Crippen molar-refractivity contribution in [2.75, 3.05) is 18.5 Å². The van der Waals surface area contributed by atoms with Gasteiger partial charge < -0.3 is 10.4 Å². The van der Waals surface area contributed by atoms with Crippen LogP contribution < -0.4 is 10.2 Å². The first kappa shape index (κ1) is 19.7. The first-order chi connectivity index (χ1) is 12.7. The molecule has 2 aromatic carbocycles. The number of halogens is 3. The van der Waals surface area contributed by atoms with Gasteiger partial charge in [0.1, 0.15) is 11.6 Å². The molecular weight excluding hydrogens is 374 g/mol. The molecule has 0 radical (unpaired) electrons. The van der Waals surface area contributed by atoms with Crippen molar-refractivity contribution in [3.8, 4) is 0 Å². The minimum Gasteiger partial charge on any atom is -0.389 e. The fourth-order valence-electron chi connectivity index (χ4n) is 3.66. The smallest absolute Gasteiger partial charge is 0.237 e. The van der Waals surface area contributed by atoms with E-state index in [2.05, 4.69) is 5.32 Å². The van der Waals surface area contributed by atoms with Gasteiger partial charge in [-0.1, -0.05) is 23.7 Å². The van der Waals surface area contributed by atoms with Crippen LogP contribution in [0.2, 0.25) is 5.02 Å². The average Bonchev–Trinajstić information content (AvgIpc) is 2.77. The normalized spacial score (nSPS) is 17.7. The first-order valence-electron chi connectivity index (χ1n) is 8.59. The second-order valence-electron chi connectivity index (χ2n) is 7.21. The minimum absolute atomic E-state index is 0.105. The zero-order valence-corrected chi connectivity index (χ0v) is 16.0. The fraction of sp³-hybridized carbons (Fsp3) is 0.350. The molecule has 27 heavy (non-hydrogen) atoms. The number of carbonyl (C=O) groups is 1. The monoisotopic (exact) mass is 394 g/mol. The van der Waals surface area contributed by atoms with E-state index in [-0.39, 0.29) is 23.2 Å². The van der Waals surface area contributed by atoms with Crippen molar-refractivity contribution < 1.29 is 18.7 Å². The molecule has 1 aliphatic heterocycles. The van der Waals surface area contributed by atoms with Crippen LogP contribution in [0.25, 0.3) is 0 Å². The Balaban J connectivity index is 2.23. The van der Waals surface area contributed by atoms with Crippen LogP contribution in [0.1, 0.15) is 31.0 Å². The molecule has 2 atom stereocenters. The topological polar surface area (TPSA) is 52.6 Å². The molecule has 0 spiro atoms. The van der Waals surface area contributed by atoms with Crippen molar-refractivity contribution in [1.29, 1.82) is 0 Å². The number of hydrogen-bond donors (Lipinski definition) is 2. The number of benzene rings is 2. The molecule has 4 nitrogen and oxygen atoms in total. The standard InChI is InChI=1S/C20H21ClF2N2O2/c1-20(2)14-5-4-6-15(23)18(14)25(19(20)27)17(16(26)10-24-3)11-7-12(21)9-13(22)8-11/h4-9,16-17,24,26H,10H2,1-3H3/t16?,17-/m0/s1. The van der Waals surface area contributed by atoms with Gasteiger partial charge in [0.15, 0.2) is 0 Å². The lowest BCUT2D eigenvalue weighted by Gasteiger charge is -2.34. The molecule has 0 saturated heterocycles. The summed E-state index contributed by atoms with van der Waals surface area (Å²) in [6, 6.07) is 7.32. The Morgan fingerprint density at radius 2 is 1.96 bits per heavy atom. The second kappa shape index (κ2) is 7.19. The highest BCUT2D eigenvalue weighted by atomic mass is 35.5. The molecule has 3 rings (SSSR count). The van der Waals surface area contributed by atoms with Crippen molar-refractivity contribution in [1.82, 2.24) is 5.32 Å². The van der Waals surface area contributed by atoms with E-state index in [1.54, 1.807) is 33.0 Å². The molecule has 144 valence electrons. The van der Waals surface area contributed by atoms with Gasteiger partial charge in [-0.15, -0.1) is 0 Å². The number of aliphatic hydroxyl groups is 1. The van der Waals surface area contributed by atoms with Crippen LogP contribution in [0.5, 0.6) is 0 Å². The van der Waals surface area contributed by atoms with E-state index in [0.29, 0.717) is 11.1 Å². The maximum Gasteiger partial charge on any atom is 0.237 e. The molecule has 0 bridgehead atoms. The summed E-state index contributed by atoms with van der Waals surface area (Å²) in [5, 5.41) is 13.7. The van der Waals surface area contributed by atoms with Gasteiger partial charge in [-0.2, -0.15) is 0 Å². The predicted octanol–water partition coefficient (Wildman–Crippen LogP) is 3.56. The van der Waals surface area contributed by atoms with Gasteiger partial charge in [0.05, 0.1) is 23.2 Å². The zero-order valence-electron chi connectivity index (χ0n) is 15.3. The van der Waals surface area contributed by atoms with Crippen LogP contribution in [-0.4, -0.2) is 30.7 Å². The zero-order chi connectivity index (χ0) is 19.9. The largest absolute Gasteiger partial charge is 0.389 e. The SMILES string of the molecule is CNCC(O)[C@H](c1cc(F)cc(Cl)c1)N1C(=O)C(C)(C)c2cccc(F)c21. The average molecular weight is 395 g/mol. The van der Waals surface area contributed by atoms with Crippen LogP contribution in [0.4, 0.5) is 14.5 Å². The Morgan fingerprint density at radius 3 is 2.59 bits per heavy atom. The van der Waals surface area contributed by atoms with Gasteiger partial charge in [0.25, 0.3) is 0 Å². The number of fused-ring (bicyclic) bond motifs is 1. The fourth-order valence-corrected chi connectivity index (χ4v) is 3.89. The molecule has 1 aliphatic rings. The van der Waals surface area contributed by atoms with Crippen LogP contribution in [-0.2, 0) is 10.2 Å². The molecular formula is C20H21ClF2N2O2. The molecule has 0 fully saturated rings. The number of rotatable bonds is 5. The molecule has 2 N–H and O–H groups in total. The molecule has 1 unspecified atom stereocenters. The van der Waals surface area contributed by atoms with Crippen LogP contribution in [0.15, 0.2) is 36.4 Å². The molecule has 2 aromatic rings. The lowest BCUT2D eigenvalue weighted by molar-refractivity contribution is -0.123. The molecule has 0 aliphatic carbocycles. The number of anilines is 1. The molecule has 1 heterocycles.